The molecule has 7 heteroatoms. The molecule has 2 aromatic rings. The highest BCUT2D eigenvalue weighted by Crippen LogP contribution is 2.30. The number of hydrogen-bond donors (Lipinski definition) is 1. The molecule has 1 unspecified atom stereocenters. The molecule has 0 saturated heterocycles. The molecule has 146 valence electrons. The summed E-state index contributed by atoms with van der Waals surface area (Å²) in [5.41, 5.74) is 1.00. The summed E-state index contributed by atoms with van der Waals surface area (Å²) in [6.45, 7) is 2.60. The molecule has 0 aliphatic carbocycles. The van der Waals surface area contributed by atoms with Gasteiger partial charge in [0.05, 0.1) is 32.6 Å². The van der Waals surface area contributed by atoms with E-state index in [1.807, 2.05) is 6.92 Å². The van der Waals surface area contributed by atoms with Crippen molar-refractivity contribution in [1.29, 1.82) is 0 Å². The molecule has 6 nitrogen and oxygen atoms in total. The van der Waals surface area contributed by atoms with Gasteiger partial charge < -0.3 is 19.3 Å². The first-order valence-corrected chi connectivity index (χ1v) is 9.52. The van der Waals surface area contributed by atoms with Crippen molar-refractivity contribution >= 4 is 21.7 Å². The van der Waals surface area contributed by atoms with E-state index in [-0.39, 0.29) is 18.6 Å². The second-order valence-corrected chi connectivity index (χ2v) is 6.67. The van der Waals surface area contributed by atoms with E-state index in [1.165, 1.54) is 0 Å². The van der Waals surface area contributed by atoms with Gasteiger partial charge in [-0.25, -0.2) is 4.98 Å². The number of carbonyl (C=O) groups is 1. The SMILES string of the molecule is CCCOc1ccc(C(=O)CCC(O)c2ccc(OC)c(Br)n2)cc1OC. The van der Waals surface area contributed by atoms with Gasteiger partial charge in [-0.05, 0) is 59.1 Å². The molecule has 1 heterocycles. The number of rotatable bonds is 10. The fourth-order valence-corrected chi connectivity index (χ4v) is 3.00. The molecule has 0 amide bonds. The zero-order valence-electron chi connectivity index (χ0n) is 15.7. The highest BCUT2D eigenvalue weighted by molar-refractivity contribution is 9.10. The average molecular weight is 438 g/mol. The number of aliphatic hydroxyl groups excluding tert-OH is 1. The Morgan fingerprint density at radius 1 is 1.15 bits per heavy atom. The van der Waals surface area contributed by atoms with Crippen molar-refractivity contribution < 1.29 is 24.1 Å². The van der Waals surface area contributed by atoms with Crippen molar-refractivity contribution in [2.24, 2.45) is 0 Å². The first kappa shape index (κ1) is 21.2. The van der Waals surface area contributed by atoms with Crippen LogP contribution in [0, 0.1) is 0 Å². The predicted octanol–water partition coefficient (Wildman–Crippen LogP) is 4.35. The second-order valence-electron chi connectivity index (χ2n) is 5.92. The number of ether oxygens (including phenoxy) is 3. The van der Waals surface area contributed by atoms with Crippen LogP contribution in [-0.2, 0) is 0 Å². The average Bonchev–Trinajstić information content (AvgIpc) is 2.69. The molecule has 1 aromatic carbocycles. The molecule has 0 fully saturated rings. The quantitative estimate of drug-likeness (QED) is 0.439. The number of nitrogens with zero attached hydrogens (tertiary/aromatic N) is 1. The number of methoxy groups -OCH3 is 2. The van der Waals surface area contributed by atoms with Crippen LogP contribution in [0.15, 0.2) is 34.9 Å². The summed E-state index contributed by atoms with van der Waals surface area (Å²) < 4.78 is 16.5. The van der Waals surface area contributed by atoms with E-state index in [2.05, 4.69) is 20.9 Å². The van der Waals surface area contributed by atoms with Crippen molar-refractivity contribution in [2.75, 3.05) is 20.8 Å². The van der Waals surface area contributed by atoms with E-state index in [0.29, 0.717) is 39.7 Å². The van der Waals surface area contributed by atoms with Crippen LogP contribution in [0.2, 0.25) is 0 Å². The zero-order chi connectivity index (χ0) is 19.8. The van der Waals surface area contributed by atoms with Crippen LogP contribution in [-0.4, -0.2) is 36.7 Å². The van der Waals surface area contributed by atoms with E-state index in [9.17, 15) is 9.90 Å². The molecule has 27 heavy (non-hydrogen) atoms. The summed E-state index contributed by atoms with van der Waals surface area (Å²) in [6, 6.07) is 8.52. The molecule has 0 saturated carbocycles. The van der Waals surface area contributed by atoms with Crippen molar-refractivity contribution in [2.45, 2.75) is 32.3 Å². The van der Waals surface area contributed by atoms with E-state index >= 15 is 0 Å². The third-order valence-electron chi connectivity index (χ3n) is 3.99. The Balaban J connectivity index is 2.01. The maximum atomic E-state index is 12.5. The number of pyridine rings is 1. The summed E-state index contributed by atoms with van der Waals surface area (Å²) in [5, 5.41) is 10.3. The number of aliphatic hydroxyl groups is 1. The maximum absolute atomic E-state index is 12.5. The first-order valence-electron chi connectivity index (χ1n) is 8.72. The fraction of sp³-hybridized carbons (Fsp3) is 0.400. The topological polar surface area (TPSA) is 77.9 Å². The Kier molecular flexibility index (Phi) is 8.06. The van der Waals surface area contributed by atoms with Gasteiger partial charge >= 0.3 is 0 Å². The Hall–Kier alpha value is -2.12. The molecular formula is C20H24BrNO5. The predicted molar refractivity (Wildman–Crippen MR) is 106 cm³/mol. The smallest absolute Gasteiger partial charge is 0.163 e. The van der Waals surface area contributed by atoms with Crippen LogP contribution in [0.5, 0.6) is 17.2 Å². The lowest BCUT2D eigenvalue weighted by Gasteiger charge is -2.13. The highest BCUT2D eigenvalue weighted by atomic mass is 79.9. The molecule has 1 N–H and O–H groups in total. The normalized spacial score (nSPS) is 11.7. The standard InChI is InChI=1S/C20H24BrNO5/c1-4-11-27-17-9-5-13(12-19(17)26-3)15(23)7-8-16(24)14-6-10-18(25-2)20(21)22-14/h5-6,9-10,12,16,24H,4,7-8,11H2,1-3H3. The van der Waals surface area contributed by atoms with E-state index in [0.717, 1.165) is 6.42 Å². The Labute approximate surface area is 167 Å². The van der Waals surface area contributed by atoms with Crippen LogP contribution >= 0.6 is 15.9 Å². The van der Waals surface area contributed by atoms with Crippen LogP contribution in [0.4, 0.5) is 0 Å². The van der Waals surface area contributed by atoms with Crippen LogP contribution in [0.3, 0.4) is 0 Å². The van der Waals surface area contributed by atoms with Gasteiger partial charge in [-0.3, -0.25) is 4.79 Å². The van der Waals surface area contributed by atoms with Gasteiger partial charge in [0.1, 0.15) is 4.60 Å². The number of hydrogen-bond acceptors (Lipinski definition) is 6. The van der Waals surface area contributed by atoms with Crippen LogP contribution in [0.1, 0.15) is 48.3 Å². The summed E-state index contributed by atoms with van der Waals surface area (Å²) in [7, 11) is 3.09. The van der Waals surface area contributed by atoms with E-state index in [4.69, 9.17) is 14.2 Å². The molecule has 1 aromatic heterocycles. The summed E-state index contributed by atoms with van der Waals surface area (Å²) in [5.74, 6) is 1.64. The van der Waals surface area contributed by atoms with Gasteiger partial charge in [0.25, 0.3) is 0 Å². The van der Waals surface area contributed by atoms with Gasteiger partial charge in [-0.15, -0.1) is 0 Å². The lowest BCUT2D eigenvalue weighted by Crippen LogP contribution is -2.07. The molecule has 0 aliphatic heterocycles. The molecule has 0 spiro atoms. The second kappa shape index (κ2) is 10.3. The number of benzene rings is 1. The first-order chi connectivity index (χ1) is 13.0. The summed E-state index contributed by atoms with van der Waals surface area (Å²) in [4.78, 5) is 16.7. The van der Waals surface area contributed by atoms with Crippen molar-refractivity contribution in [3.63, 3.8) is 0 Å². The third-order valence-corrected chi connectivity index (χ3v) is 4.56. The molecule has 2 rings (SSSR count). The number of ketones is 1. The monoisotopic (exact) mass is 437 g/mol. The zero-order valence-corrected chi connectivity index (χ0v) is 17.3. The van der Waals surface area contributed by atoms with Crippen molar-refractivity contribution in [1.82, 2.24) is 4.98 Å². The molecule has 1 atom stereocenters. The summed E-state index contributed by atoms with van der Waals surface area (Å²) in [6.07, 6.45) is 0.494. The Morgan fingerprint density at radius 2 is 1.85 bits per heavy atom. The number of Topliss-reactive ketones (excluding diaryl/α,β-unsaturated/α-hetero) is 1. The lowest BCUT2D eigenvalue weighted by atomic mass is 10.0. The largest absolute Gasteiger partial charge is 0.494 e. The van der Waals surface area contributed by atoms with E-state index in [1.54, 1.807) is 44.6 Å². The van der Waals surface area contributed by atoms with E-state index < -0.39 is 6.10 Å². The lowest BCUT2D eigenvalue weighted by molar-refractivity contribution is 0.0937. The van der Waals surface area contributed by atoms with Gasteiger partial charge in [0, 0.05) is 12.0 Å². The minimum atomic E-state index is -0.842. The minimum Gasteiger partial charge on any atom is -0.494 e. The molecular weight excluding hydrogens is 414 g/mol. The minimum absolute atomic E-state index is 0.0815. The maximum Gasteiger partial charge on any atom is 0.163 e. The van der Waals surface area contributed by atoms with Crippen molar-refractivity contribution in [3.8, 4) is 17.2 Å². The number of aromatic nitrogens is 1. The fourth-order valence-electron chi connectivity index (χ4n) is 2.51. The number of halogens is 1. The van der Waals surface area contributed by atoms with Gasteiger partial charge in [0.2, 0.25) is 0 Å². The molecule has 0 radical (unpaired) electrons. The third kappa shape index (κ3) is 5.68. The Morgan fingerprint density at radius 3 is 2.48 bits per heavy atom. The summed E-state index contributed by atoms with van der Waals surface area (Å²) >= 11 is 3.29. The Bertz CT molecular complexity index is 781. The van der Waals surface area contributed by atoms with Crippen LogP contribution in [0.25, 0.3) is 0 Å². The number of carbonyl (C=O) groups excluding carboxylic acids is 1. The van der Waals surface area contributed by atoms with Gasteiger partial charge in [0.15, 0.2) is 23.0 Å². The van der Waals surface area contributed by atoms with Gasteiger partial charge in [-0.1, -0.05) is 6.92 Å². The molecule has 0 aliphatic rings. The van der Waals surface area contributed by atoms with Gasteiger partial charge in [-0.2, -0.15) is 0 Å². The van der Waals surface area contributed by atoms with Crippen LogP contribution < -0.4 is 14.2 Å². The highest BCUT2D eigenvalue weighted by Gasteiger charge is 2.16. The molecule has 0 bridgehead atoms. The van der Waals surface area contributed by atoms with Crippen molar-refractivity contribution in [3.05, 3.63) is 46.2 Å².